The van der Waals surface area contributed by atoms with Gasteiger partial charge < -0.3 is 9.73 Å². The average molecular weight is 230 g/mol. The van der Waals surface area contributed by atoms with E-state index in [1.54, 1.807) is 0 Å². The van der Waals surface area contributed by atoms with E-state index < -0.39 is 0 Å². The van der Waals surface area contributed by atoms with Crippen LogP contribution in [0, 0.1) is 6.92 Å². The molecule has 0 amide bonds. The smallest absolute Gasteiger partial charge is 0.201 e. The van der Waals surface area contributed by atoms with Gasteiger partial charge in [-0.25, -0.2) is 4.98 Å². The van der Waals surface area contributed by atoms with Crippen molar-refractivity contribution in [3.05, 3.63) is 29.7 Å². The van der Waals surface area contributed by atoms with E-state index in [1.807, 2.05) is 6.07 Å². The lowest BCUT2D eigenvalue weighted by Gasteiger charge is -2.30. The van der Waals surface area contributed by atoms with E-state index in [9.17, 15) is 0 Å². The molecule has 1 aromatic carbocycles. The number of aromatic nitrogens is 1. The van der Waals surface area contributed by atoms with Crippen LogP contribution in [0.3, 0.4) is 0 Å². The van der Waals surface area contributed by atoms with Gasteiger partial charge >= 0.3 is 0 Å². The zero-order valence-electron chi connectivity index (χ0n) is 10.4. The van der Waals surface area contributed by atoms with Crippen molar-refractivity contribution in [1.82, 2.24) is 10.3 Å². The number of hydrogen-bond acceptors (Lipinski definition) is 3. The van der Waals surface area contributed by atoms with Crippen molar-refractivity contribution in [2.75, 3.05) is 13.1 Å². The highest BCUT2D eigenvalue weighted by atomic mass is 16.3. The van der Waals surface area contributed by atoms with E-state index in [2.05, 4.69) is 36.3 Å². The van der Waals surface area contributed by atoms with Gasteiger partial charge in [0.05, 0.1) is 0 Å². The van der Waals surface area contributed by atoms with Gasteiger partial charge in [-0.15, -0.1) is 0 Å². The van der Waals surface area contributed by atoms with Gasteiger partial charge in [-0.05, 0) is 50.6 Å². The number of nitrogens with zero attached hydrogens (tertiary/aromatic N) is 1. The average Bonchev–Trinajstić information content (AvgIpc) is 2.73. The lowest BCUT2D eigenvalue weighted by atomic mass is 9.81. The number of piperidine rings is 1. The summed E-state index contributed by atoms with van der Waals surface area (Å²) in [5.41, 5.74) is 3.21. The van der Waals surface area contributed by atoms with Crippen molar-refractivity contribution in [2.24, 2.45) is 0 Å². The largest absolute Gasteiger partial charge is 0.440 e. The molecule has 1 aromatic heterocycles. The third-order valence-electron chi connectivity index (χ3n) is 3.77. The second-order valence-electron chi connectivity index (χ2n) is 5.30. The predicted octanol–water partition coefficient (Wildman–Crippen LogP) is 2.78. The summed E-state index contributed by atoms with van der Waals surface area (Å²) in [7, 11) is 0. The summed E-state index contributed by atoms with van der Waals surface area (Å²) in [6.45, 7) is 6.43. The monoisotopic (exact) mass is 230 g/mol. The van der Waals surface area contributed by atoms with Crippen LogP contribution < -0.4 is 5.32 Å². The second-order valence-corrected chi connectivity index (χ2v) is 5.30. The minimum absolute atomic E-state index is 0.0954. The molecule has 90 valence electrons. The normalized spacial score (nSPS) is 19.6. The molecule has 0 aliphatic carbocycles. The van der Waals surface area contributed by atoms with Crippen molar-refractivity contribution in [2.45, 2.75) is 32.1 Å². The van der Waals surface area contributed by atoms with Gasteiger partial charge in [-0.3, -0.25) is 0 Å². The van der Waals surface area contributed by atoms with Gasteiger partial charge in [-0.1, -0.05) is 13.0 Å². The fourth-order valence-electron chi connectivity index (χ4n) is 2.48. The maximum atomic E-state index is 5.95. The molecule has 0 spiro atoms. The number of benzene rings is 1. The SMILES string of the molecule is Cc1ccc2nc(C3(C)CCNCC3)oc2c1. The predicted molar refractivity (Wildman–Crippen MR) is 68.2 cm³/mol. The Hall–Kier alpha value is -1.35. The molecular formula is C14H18N2O. The molecular weight excluding hydrogens is 212 g/mol. The zero-order valence-corrected chi connectivity index (χ0v) is 10.4. The third kappa shape index (κ3) is 1.84. The lowest BCUT2D eigenvalue weighted by molar-refractivity contribution is 0.275. The van der Waals surface area contributed by atoms with Crippen molar-refractivity contribution >= 4 is 11.1 Å². The molecule has 0 bridgehead atoms. The molecule has 3 rings (SSSR count). The lowest BCUT2D eigenvalue weighted by Crippen LogP contribution is -2.37. The summed E-state index contributed by atoms with van der Waals surface area (Å²) in [4.78, 5) is 4.65. The maximum absolute atomic E-state index is 5.95. The van der Waals surface area contributed by atoms with E-state index >= 15 is 0 Å². The fraction of sp³-hybridized carbons (Fsp3) is 0.500. The summed E-state index contributed by atoms with van der Waals surface area (Å²) in [5, 5.41) is 3.38. The minimum atomic E-state index is 0.0954. The minimum Gasteiger partial charge on any atom is -0.440 e. The Morgan fingerprint density at radius 2 is 2.06 bits per heavy atom. The molecule has 1 aliphatic rings. The first-order chi connectivity index (χ1) is 8.17. The third-order valence-corrected chi connectivity index (χ3v) is 3.77. The molecule has 0 radical (unpaired) electrons. The van der Waals surface area contributed by atoms with Crippen LogP contribution in [0.2, 0.25) is 0 Å². The number of fused-ring (bicyclic) bond motifs is 1. The molecule has 1 aliphatic heterocycles. The highest BCUT2D eigenvalue weighted by Crippen LogP contribution is 2.34. The Kier molecular flexibility index (Phi) is 2.44. The van der Waals surface area contributed by atoms with E-state index in [4.69, 9.17) is 4.42 Å². The van der Waals surface area contributed by atoms with E-state index in [0.717, 1.165) is 42.9 Å². The number of oxazole rings is 1. The van der Waals surface area contributed by atoms with Crippen LogP contribution in [0.4, 0.5) is 0 Å². The first-order valence-electron chi connectivity index (χ1n) is 6.26. The van der Waals surface area contributed by atoms with Crippen molar-refractivity contribution in [3.8, 4) is 0 Å². The summed E-state index contributed by atoms with van der Waals surface area (Å²) < 4.78 is 5.95. The molecule has 1 saturated heterocycles. The number of aryl methyl sites for hydroxylation is 1. The molecule has 3 heteroatoms. The Balaban J connectivity index is 2.05. The zero-order chi connectivity index (χ0) is 11.9. The van der Waals surface area contributed by atoms with Crippen LogP contribution in [0.25, 0.3) is 11.1 Å². The Bertz CT molecular complexity index is 538. The van der Waals surface area contributed by atoms with Crippen LogP contribution in [-0.2, 0) is 5.41 Å². The van der Waals surface area contributed by atoms with Gasteiger partial charge in [0.15, 0.2) is 5.58 Å². The molecule has 0 atom stereocenters. The van der Waals surface area contributed by atoms with Crippen LogP contribution >= 0.6 is 0 Å². The number of hydrogen-bond donors (Lipinski definition) is 1. The summed E-state index contributed by atoms with van der Waals surface area (Å²) in [5.74, 6) is 0.902. The second kappa shape index (κ2) is 3.84. The molecule has 0 unspecified atom stereocenters. The molecule has 0 saturated carbocycles. The van der Waals surface area contributed by atoms with Crippen molar-refractivity contribution in [3.63, 3.8) is 0 Å². The van der Waals surface area contributed by atoms with E-state index in [-0.39, 0.29) is 5.41 Å². The highest BCUT2D eigenvalue weighted by molar-refractivity contribution is 5.73. The molecule has 2 heterocycles. The van der Waals surface area contributed by atoms with Crippen molar-refractivity contribution in [1.29, 1.82) is 0 Å². The summed E-state index contributed by atoms with van der Waals surface area (Å²) in [6.07, 6.45) is 2.19. The standard InChI is InChI=1S/C14H18N2O/c1-10-3-4-11-12(9-10)17-13(16-11)14(2)5-7-15-8-6-14/h3-4,9,15H,5-8H2,1-2H3. The number of rotatable bonds is 1. The molecule has 2 aromatic rings. The Labute approximate surface area is 101 Å². The first kappa shape index (κ1) is 10.8. The molecule has 1 fully saturated rings. The fourth-order valence-corrected chi connectivity index (χ4v) is 2.48. The van der Waals surface area contributed by atoms with Gasteiger partial charge in [-0.2, -0.15) is 0 Å². The van der Waals surface area contributed by atoms with Crippen LogP contribution in [0.5, 0.6) is 0 Å². The topological polar surface area (TPSA) is 38.1 Å². The maximum Gasteiger partial charge on any atom is 0.201 e. The Morgan fingerprint density at radius 1 is 1.29 bits per heavy atom. The first-order valence-corrected chi connectivity index (χ1v) is 6.26. The van der Waals surface area contributed by atoms with Gasteiger partial charge in [0.1, 0.15) is 5.52 Å². The summed E-state index contributed by atoms with van der Waals surface area (Å²) >= 11 is 0. The molecule has 1 N–H and O–H groups in total. The van der Waals surface area contributed by atoms with E-state index in [1.165, 1.54) is 5.56 Å². The van der Waals surface area contributed by atoms with Gasteiger partial charge in [0.25, 0.3) is 0 Å². The van der Waals surface area contributed by atoms with Gasteiger partial charge in [0, 0.05) is 5.41 Å². The Morgan fingerprint density at radius 3 is 2.82 bits per heavy atom. The van der Waals surface area contributed by atoms with Gasteiger partial charge in [0.2, 0.25) is 5.89 Å². The van der Waals surface area contributed by atoms with Crippen LogP contribution in [0.1, 0.15) is 31.2 Å². The summed E-state index contributed by atoms with van der Waals surface area (Å²) in [6, 6.07) is 6.19. The van der Waals surface area contributed by atoms with Crippen LogP contribution in [0.15, 0.2) is 22.6 Å². The molecule has 3 nitrogen and oxygen atoms in total. The van der Waals surface area contributed by atoms with Crippen molar-refractivity contribution < 1.29 is 4.42 Å². The van der Waals surface area contributed by atoms with Crippen LogP contribution in [-0.4, -0.2) is 18.1 Å². The molecule has 17 heavy (non-hydrogen) atoms. The highest BCUT2D eigenvalue weighted by Gasteiger charge is 2.33. The quantitative estimate of drug-likeness (QED) is 0.818. The number of nitrogens with one attached hydrogen (secondary N) is 1. The van der Waals surface area contributed by atoms with E-state index in [0.29, 0.717) is 0 Å².